The Balaban J connectivity index is 2.91. The maximum Gasteiger partial charge on any atom is 0.328 e. The predicted octanol–water partition coefficient (Wildman–Crippen LogP) is 0.166. The number of ketones is 1. The van der Waals surface area contributed by atoms with Crippen molar-refractivity contribution in [2.45, 2.75) is 26.8 Å². The van der Waals surface area contributed by atoms with E-state index in [1.165, 1.54) is 6.92 Å². The van der Waals surface area contributed by atoms with Gasteiger partial charge in [0.05, 0.1) is 5.56 Å². The first-order valence-electron chi connectivity index (χ1n) is 5.49. The molecular formula is C11H16N2O4. The van der Waals surface area contributed by atoms with Crippen LogP contribution >= 0.6 is 0 Å². The quantitative estimate of drug-likeness (QED) is 0.567. The average Bonchev–Trinajstić information content (AvgIpc) is 2.27. The van der Waals surface area contributed by atoms with E-state index in [4.69, 9.17) is 4.74 Å². The van der Waals surface area contributed by atoms with E-state index in [0.717, 1.165) is 10.8 Å². The van der Waals surface area contributed by atoms with Gasteiger partial charge in [-0.15, -0.1) is 0 Å². The fraction of sp³-hybridized carbons (Fsp3) is 0.545. The lowest BCUT2D eigenvalue weighted by Gasteiger charge is -2.05. The van der Waals surface area contributed by atoms with Crippen LogP contribution in [0.5, 0.6) is 0 Å². The smallest absolute Gasteiger partial charge is 0.328 e. The van der Waals surface area contributed by atoms with E-state index in [0.29, 0.717) is 19.6 Å². The zero-order valence-electron chi connectivity index (χ0n) is 9.99. The number of hydrogen-bond donors (Lipinski definition) is 1. The zero-order valence-corrected chi connectivity index (χ0v) is 9.99. The first kappa shape index (κ1) is 13.4. The third-order valence-electron chi connectivity index (χ3n) is 2.31. The number of hydrogen-bond acceptors (Lipinski definition) is 4. The Labute approximate surface area is 98.2 Å². The molecule has 94 valence electrons. The molecule has 1 rings (SSSR count). The molecule has 0 aliphatic heterocycles. The number of ether oxygens (including phenoxy) is 1. The molecule has 0 unspecified atom stereocenters. The van der Waals surface area contributed by atoms with E-state index in [1.807, 2.05) is 6.92 Å². The first-order chi connectivity index (χ1) is 8.07. The molecule has 17 heavy (non-hydrogen) atoms. The second-order valence-corrected chi connectivity index (χ2v) is 3.57. The third-order valence-corrected chi connectivity index (χ3v) is 2.31. The van der Waals surface area contributed by atoms with Crippen LogP contribution in [0.25, 0.3) is 0 Å². The topological polar surface area (TPSA) is 81.2 Å². The second-order valence-electron chi connectivity index (χ2n) is 3.57. The van der Waals surface area contributed by atoms with Crippen LogP contribution in [0, 0.1) is 0 Å². The molecule has 1 N–H and O–H groups in total. The van der Waals surface area contributed by atoms with E-state index >= 15 is 0 Å². The summed E-state index contributed by atoms with van der Waals surface area (Å²) in [5.74, 6) is -0.357. The second kappa shape index (κ2) is 6.15. The molecule has 0 atom stereocenters. The van der Waals surface area contributed by atoms with Crippen LogP contribution in [0.1, 0.15) is 30.6 Å². The van der Waals surface area contributed by atoms with E-state index in [9.17, 15) is 14.4 Å². The summed E-state index contributed by atoms with van der Waals surface area (Å²) in [5, 5.41) is 0. The number of Topliss-reactive ketones (excluding diaryl/α,β-unsaturated/α-hetero) is 1. The van der Waals surface area contributed by atoms with Crippen molar-refractivity contribution >= 4 is 5.78 Å². The molecule has 0 saturated carbocycles. The monoisotopic (exact) mass is 240 g/mol. The molecule has 0 amide bonds. The molecule has 1 aromatic heterocycles. The van der Waals surface area contributed by atoms with Crippen molar-refractivity contribution in [1.29, 1.82) is 0 Å². The largest absolute Gasteiger partial charge is 0.382 e. The van der Waals surface area contributed by atoms with Gasteiger partial charge in [-0.05, 0) is 20.3 Å². The summed E-state index contributed by atoms with van der Waals surface area (Å²) in [4.78, 5) is 36.7. The summed E-state index contributed by atoms with van der Waals surface area (Å²) < 4.78 is 6.14. The summed E-state index contributed by atoms with van der Waals surface area (Å²) in [5.41, 5.74) is -1.05. The molecule has 6 nitrogen and oxygen atoms in total. The minimum Gasteiger partial charge on any atom is -0.382 e. The number of nitrogens with zero attached hydrogens (tertiary/aromatic N) is 1. The molecule has 1 aromatic rings. The normalized spacial score (nSPS) is 10.5. The van der Waals surface area contributed by atoms with Crippen molar-refractivity contribution < 1.29 is 9.53 Å². The van der Waals surface area contributed by atoms with Gasteiger partial charge in [-0.3, -0.25) is 14.2 Å². The Kier molecular flexibility index (Phi) is 4.84. The van der Waals surface area contributed by atoms with Crippen LogP contribution in [-0.4, -0.2) is 28.5 Å². The van der Waals surface area contributed by atoms with Gasteiger partial charge in [0.2, 0.25) is 0 Å². The van der Waals surface area contributed by atoms with Crippen LogP contribution in [0.4, 0.5) is 0 Å². The highest BCUT2D eigenvalue weighted by Gasteiger charge is 2.10. The minimum atomic E-state index is -0.544. The Hall–Kier alpha value is -1.69. The van der Waals surface area contributed by atoms with Crippen molar-refractivity contribution in [2.24, 2.45) is 0 Å². The summed E-state index contributed by atoms with van der Waals surface area (Å²) in [7, 11) is 0. The Morgan fingerprint density at radius 3 is 2.76 bits per heavy atom. The zero-order chi connectivity index (χ0) is 12.8. The fourth-order valence-corrected chi connectivity index (χ4v) is 1.44. The lowest BCUT2D eigenvalue weighted by molar-refractivity contribution is 0.101. The number of H-pyrrole nitrogens is 1. The Bertz CT molecular complexity index is 501. The van der Waals surface area contributed by atoms with Crippen LogP contribution in [0.15, 0.2) is 15.8 Å². The van der Waals surface area contributed by atoms with Crippen molar-refractivity contribution in [3.8, 4) is 0 Å². The van der Waals surface area contributed by atoms with Crippen molar-refractivity contribution in [3.05, 3.63) is 32.6 Å². The summed E-state index contributed by atoms with van der Waals surface area (Å²) >= 11 is 0. The van der Waals surface area contributed by atoms with Gasteiger partial charge < -0.3 is 9.72 Å². The predicted molar refractivity (Wildman–Crippen MR) is 62.4 cm³/mol. The van der Waals surface area contributed by atoms with Gasteiger partial charge in [-0.1, -0.05) is 0 Å². The third kappa shape index (κ3) is 3.39. The van der Waals surface area contributed by atoms with Crippen molar-refractivity contribution in [2.75, 3.05) is 13.2 Å². The highest BCUT2D eigenvalue weighted by molar-refractivity contribution is 5.93. The molecule has 0 fully saturated rings. The lowest BCUT2D eigenvalue weighted by Crippen LogP contribution is -2.38. The molecule has 0 aromatic carbocycles. The number of carbonyl (C=O) groups excluding carboxylic acids is 1. The van der Waals surface area contributed by atoms with Crippen LogP contribution in [-0.2, 0) is 11.3 Å². The van der Waals surface area contributed by atoms with Gasteiger partial charge in [-0.25, -0.2) is 4.79 Å². The summed E-state index contributed by atoms with van der Waals surface area (Å²) in [6.07, 6.45) is 1.71. The van der Waals surface area contributed by atoms with Gasteiger partial charge in [0.25, 0.3) is 5.56 Å². The van der Waals surface area contributed by atoms with Gasteiger partial charge in [0.1, 0.15) is 0 Å². The molecule has 0 aliphatic rings. The highest BCUT2D eigenvalue weighted by Crippen LogP contribution is 1.90. The van der Waals surface area contributed by atoms with Gasteiger partial charge >= 0.3 is 5.69 Å². The van der Waals surface area contributed by atoms with Gasteiger partial charge in [0, 0.05) is 26.0 Å². The van der Waals surface area contributed by atoms with Gasteiger partial charge in [0.15, 0.2) is 5.78 Å². The van der Waals surface area contributed by atoms with E-state index < -0.39 is 11.2 Å². The number of rotatable bonds is 6. The molecule has 0 bridgehead atoms. The molecule has 0 spiro atoms. The van der Waals surface area contributed by atoms with E-state index in [1.54, 1.807) is 0 Å². The number of nitrogens with one attached hydrogen (secondary N) is 1. The summed E-state index contributed by atoms with van der Waals surface area (Å²) in [6, 6.07) is 0. The molecule has 0 radical (unpaired) electrons. The molecular weight excluding hydrogens is 224 g/mol. The molecule has 6 heteroatoms. The van der Waals surface area contributed by atoms with Crippen LogP contribution in [0.3, 0.4) is 0 Å². The Morgan fingerprint density at radius 1 is 1.47 bits per heavy atom. The molecule has 0 aliphatic carbocycles. The number of aromatic nitrogens is 2. The highest BCUT2D eigenvalue weighted by atomic mass is 16.5. The minimum absolute atomic E-state index is 0.000935. The van der Waals surface area contributed by atoms with E-state index in [-0.39, 0.29) is 17.9 Å². The maximum absolute atomic E-state index is 11.8. The maximum atomic E-state index is 11.8. The molecule has 0 saturated heterocycles. The van der Waals surface area contributed by atoms with Crippen LogP contribution < -0.4 is 11.2 Å². The SMILES string of the molecule is CCOCCCn1c(=O)[nH]cc(C(C)=O)c1=O. The average molecular weight is 240 g/mol. The Morgan fingerprint density at radius 2 is 2.18 bits per heavy atom. The van der Waals surface area contributed by atoms with Gasteiger partial charge in [-0.2, -0.15) is 0 Å². The fourth-order valence-electron chi connectivity index (χ4n) is 1.44. The number of carbonyl (C=O) groups is 1. The van der Waals surface area contributed by atoms with Crippen molar-refractivity contribution in [1.82, 2.24) is 9.55 Å². The standard InChI is InChI=1S/C11H16N2O4/c1-3-17-6-4-5-13-10(15)9(8(2)14)7-12-11(13)16/h7H,3-6H2,1-2H3,(H,12,16). The lowest BCUT2D eigenvalue weighted by atomic mass is 10.2. The first-order valence-corrected chi connectivity index (χ1v) is 5.49. The summed E-state index contributed by atoms with van der Waals surface area (Å²) in [6.45, 7) is 4.48. The van der Waals surface area contributed by atoms with E-state index in [2.05, 4.69) is 4.98 Å². The number of aromatic amines is 1. The van der Waals surface area contributed by atoms with Crippen molar-refractivity contribution in [3.63, 3.8) is 0 Å². The molecule has 1 heterocycles. The van der Waals surface area contributed by atoms with Crippen LogP contribution in [0.2, 0.25) is 0 Å².